The molecule has 0 spiro atoms. The summed E-state index contributed by atoms with van der Waals surface area (Å²) in [5, 5.41) is 24.1. The lowest BCUT2D eigenvalue weighted by atomic mass is 9.81. The summed E-state index contributed by atoms with van der Waals surface area (Å²) in [4.78, 5) is 24.6. The van der Waals surface area contributed by atoms with Crippen molar-refractivity contribution >= 4 is 40.0 Å². The fourth-order valence-electron chi connectivity index (χ4n) is 5.49. The van der Waals surface area contributed by atoms with Gasteiger partial charge in [-0.15, -0.1) is 0 Å². The zero-order valence-electron chi connectivity index (χ0n) is 26.8. The largest absolute Gasteiger partial charge is 0.481 e. The van der Waals surface area contributed by atoms with Gasteiger partial charge >= 0.3 is 12.0 Å². The van der Waals surface area contributed by atoms with E-state index >= 15 is 0 Å². The minimum Gasteiger partial charge on any atom is -0.481 e. The maximum absolute atomic E-state index is 13.1. The van der Waals surface area contributed by atoms with Crippen LogP contribution in [0.5, 0.6) is 0 Å². The lowest BCUT2D eigenvalue weighted by Crippen LogP contribution is -2.30. The second-order valence-electron chi connectivity index (χ2n) is 12.2. The van der Waals surface area contributed by atoms with Gasteiger partial charge in [-0.2, -0.15) is 0 Å². The van der Waals surface area contributed by atoms with Gasteiger partial charge in [-0.1, -0.05) is 54.1 Å². The van der Waals surface area contributed by atoms with Crippen molar-refractivity contribution in [3.8, 4) is 22.3 Å². The van der Waals surface area contributed by atoms with Crippen LogP contribution in [0.3, 0.4) is 0 Å². The van der Waals surface area contributed by atoms with Crippen LogP contribution in [0.2, 0.25) is 0 Å². The number of carboxylic acid groups (broad SMARTS) is 1. The number of urea groups is 1. The van der Waals surface area contributed by atoms with E-state index in [1.54, 1.807) is 27.0 Å². The highest BCUT2D eigenvalue weighted by molar-refractivity contribution is 7.85. The highest BCUT2D eigenvalue weighted by Crippen LogP contribution is 2.49. The Labute approximate surface area is 267 Å². The number of aliphatic carboxylic acids is 1. The second kappa shape index (κ2) is 13.7. The molecule has 9 heteroatoms. The van der Waals surface area contributed by atoms with Crippen molar-refractivity contribution in [3.05, 3.63) is 101 Å². The first-order valence-corrected chi connectivity index (χ1v) is 16.2. The SMILES string of the molecule is CC(C)(C)O.Cc1ccc(-c2c(C)c3c(c(C)c2CC(=O)O)N(S(C)=O)Cc2cc(NC(=O)Nc4ccccc4)ccc2-3)cc1. The molecule has 0 saturated carbocycles. The van der Waals surface area contributed by atoms with Gasteiger partial charge in [0, 0.05) is 23.2 Å². The Balaban J connectivity index is 0.000000854. The smallest absolute Gasteiger partial charge is 0.323 e. The molecule has 1 atom stereocenters. The molecule has 4 N–H and O–H groups in total. The number of aryl methyl sites for hydroxylation is 1. The van der Waals surface area contributed by atoms with E-state index in [-0.39, 0.29) is 12.5 Å². The fraction of sp³-hybridized carbons (Fsp3) is 0.278. The number of carbonyl (C=O) groups excluding carboxylic acids is 1. The van der Waals surface area contributed by atoms with Crippen LogP contribution in [0.4, 0.5) is 21.9 Å². The zero-order chi connectivity index (χ0) is 33.1. The number of hydrogen-bond donors (Lipinski definition) is 4. The van der Waals surface area contributed by atoms with Crippen LogP contribution in [0.1, 0.15) is 48.6 Å². The number of aliphatic hydroxyl groups is 1. The van der Waals surface area contributed by atoms with Crippen molar-refractivity contribution in [2.75, 3.05) is 21.2 Å². The van der Waals surface area contributed by atoms with Crippen LogP contribution in [-0.4, -0.2) is 38.3 Å². The Morgan fingerprint density at radius 2 is 1.47 bits per heavy atom. The number of rotatable bonds is 6. The maximum Gasteiger partial charge on any atom is 0.323 e. The van der Waals surface area contributed by atoms with Gasteiger partial charge in [-0.25, -0.2) is 9.00 Å². The highest BCUT2D eigenvalue weighted by atomic mass is 32.2. The van der Waals surface area contributed by atoms with E-state index in [9.17, 15) is 18.9 Å². The van der Waals surface area contributed by atoms with E-state index in [1.165, 1.54) is 0 Å². The lowest BCUT2D eigenvalue weighted by molar-refractivity contribution is -0.136. The quantitative estimate of drug-likeness (QED) is 0.176. The van der Waals surface area contributed by atoms with Crippen LogP contribution in [0, 0.1) is 20.8 Å². The van der Waals surface area contributed by atoms with Crippen molar-refractivity contribution in [1.29, 1.82) is 0 Å². The van der Waals surface area contributed by atoms with Crippen LogP contribution in [0.15, 0.2) is 72.8 Å². The average Bonchev–Trinajstić information content (AvgIpc) is 2.95. The van der Waals surface area contributed by atoms with Crippen molar-refractivity contribution in [3.63, 3.8) is 0 Å². The molecular formula is C36H41N3O5S. The minimum absolute atomic E-state index is 0.139. The molecule has 1 unspecified atom stereocenters. The van der Waals surface area contributed by atoms with Crippen molar-refractivity contribution in [2.24, 2.45) is 0 Å². The van der Waals surface area contributed by atoms with Crippen LogP contribution in [0.25, 0.3) is 22.3 Å². The summed E-state index contributed by atoms with van der Waals surface area (Å²) in [5.74, 6) is -0.916. The van der Waals surface area contributed by atoms with E-state index in [0.29, 0.717) is 17.9 Å². The first-order chi connectivity index (χ1) is 21.1. The number of benzene rings is 4. The molecule has 0 bridgehead atoms. The second-order valence-corrected chi connectivity index (χ2v) is 13.5. The van der Waals surface area contributed by atoms with Crippen molar-refractivity contribution in [2.45, 2.75) is 60.1 Å². The summed E-state index contributed by atoms with van der Waals surface area (Å²) in [6.45, 7) is 11.5. The van der Waals surface area contributed by atoms with Gasteiger partial charge in [-0.3, -0.25) is 9.10 Å². The number of para-hydroxylation sites is 1. The number of nitrogens with one attached hydrogen (secondary N) is 2. The van der Waals surface area contributed by atoms with Gasteiger partial charge in [0.25, 0.3) is 0 Å². The first-order valence-electron chi connectivity index (χ1n) is 14.7. The van der Waals surface area contributed by atoms with Gasteiger partial charge in [0.15, 0.2) is 0 Å². The number of anilines is 3. The summed E-state index contributed by atoms with van der Waals surface area (Å²) < 4.78 is 14.9. The fourth-order valence-corrected chi connectivity index (χ4v) is 6.29. The molecule has 0 radical (unpaired) electrons. The molecule has 4 aromatic rings. The third-order valence-electron chi connectivity index (χ3n) is 7.30. The predicted octanol–water partition coefficient (Wildman–Crippen LogP) is 7.61. The van der Waals surface area contributed by atoms with E-state index in [4.69, 9.17) is 5.11 Å². The molecule has 0 aromatic heterocycles. The molecule has 1 heterocycles. The molecule has 0 saturated heterocycles. The van der Waals surface area contributed by atoms with Gasteiger partial charge in [0.2, 0.25) is 0 Å². The zero-order valence-corrected chi connectivity index (χ0v) is 27.6. The molecule has 4 aromatic carbocycles. The van der Waals surface area contributed by atoms with Gasteiger partial charge in [0.05, 0.1) is 24.3 Å². The summed E-state index contributed by atoms with van der Waals surface area (Å²) in [7, 11) is -1.37. The molecule has 8 nitrogen and oxygen atoms in total. The third-order valence-corrected chi connectivity index (χ3v) is 8.23. The van der Waals surface area contributed by atoms with E-state index in [0.717, 1.165) is 55.8 Å². The Morgan fingerprint density at radius 1 is 0.867 bits per heavy atom. The number of carbonyl (C=O) groups is 2. The number of nitrogens with zero attached hydrogens (tertiary/aromatic N) is 1. The third kappa shape index (κ3) is 8.17. The molecule has 45 heavy (non-hydrogen) atoms. The molecule has 236 valence electrons. The normalized spacial score (nSPS) is 12.7. The van der Waals surface area contributed by atoms with Crippen LogP contribution in [-0.2, 0) is 28.7 Å². The Morgan fingerprint density at radius 3 is 2.04 bits per heavy atom. The molecule has 2 amide bonds. The van der Waals surface area contributed by atoms with E-state index < -0.39 is 22.6 Å². The molecule has 0 fully saturated rings. The van der Waals surface area contributed by atoms with E-state index in [1.807, 2.05) is 97.9 Å². The molecule has 0 aliphatic carbocycles. The molecular weight excluding hydrogens is 586 g/mol. The van der Waals surface area contributed by atoms with Crippen LogP contribution >= 0.6 is 0 Å². The van der Waals surface area contributed by atoms with Crippen LogP contribution < -0.4 is 14.9 Å². The molecule has 1 aliphatic heterocycles. The summed E-state index contributed by atoms with van der Waals surface area (Å²) in [6, 6.07) is 22.7. The predicted molar refractivity (Wildman–Crippen MR) is 184 cm³/mol. The number of carboxylic acids is 1. The topological polar surface area (TPSA) is 119 Å². The van der Waals surface area contributed by atoms with Crippen molar-refractivity contribution < 1.29 is 24.0 Å². The Kier molecular flexibility index (Phi) is 10.2. The summed E-state index contributed by atoms with van der Waals surface area (Å²) in [5.41, 5.74) is 9.83. The average molecular weight is 628 g/mol. The minimum atomic E-state index is -1.37. The van der Waals surface area contributed by atoms with Gasteiger partial charge in [0.1, 0.15) is 11.0 Å². The number of hydrogen-bond acceptors (Lipinski definition) is 4. The standard InChI is InChI=1S/C32H31N3O4S.C4H10O/c1-19-10-12-22(13-11-19)29-21(3)30-26-15-14-25(34-32(38)33-24-8-6-5-7-9-24)16-23(26)18-35(40(4)39)31(30)20(2)27(29)17-28(36)37;1-4(2,3)5/h5-16H,17-18H2,1-4H3,(H,36,37)(H2,33,34,38);5H,1-3H3. The number of fused-ring (bicyclic) bond motifs is 3. The molecule has 1 aliphatic rings. The first kappa shape index (κ1) is 33.4. The van der Waals surface area contributed by atoms with E-state index in [2.05, 4.69) is 10.6 Å². The van der Waals surface area contributed by atoms with Crippen molar-refractivity contribution in [1.82, 2.24) is 0 Å². The monoisotopic (exact) mass is 627 g/mol. The molecule has 5 rings (SSSR count). The summed E-state index contributed by atoms with van der Waals surface area (Å²) >= 11 is 0. The Hall–Kier alpha value is -4.47. The highest BCUT2D eigenvalue weighted by Gasteiger charge is 2.32. The Bertz CT molecular complexity index is 1740. The summed E-state index contributed by atoms with van der Waals surface area (Å²) in [6.07, 6.45) is 1.49. The lowest BCUT2D eigenvalue weighted by Gasteiger charge is -2.35. The maximum atomic E-state index is 13.1. The number of amides is 2. The van der Waals surface area contributed by atoms with Gasteiger partial charge in [-0.05, 0) is 105 Å². The van der Waals surface area contributed by atoms with Gasteiger partial charge < -0.3 is 20.8 Å².